The molecule has 8 heteroatoms. The molecule has 3 rings (SSSR count). The van der Waals surface area contributed by atoms with Gasteiger partial charge in [0.25, 0.3) is 5.91 Å². The van der Waals surface area contributed by atoms with Crippen LogP contribution in [0, 0.1) is 0 Å². The molecule has 6 nitrogen and oxygen atoms in total. The van der Waals surface area contributed by atoms with Gasteiger partial charge in [0.15, 0.2) is 6.61 Å². The topological polar surface area (TPSA) is 84.5 Å². The first-order valence-corrected chi connectivity index (χ1v) is 9.95. The van der Waals surface area contributed by atoms with E-state index < -0.39 is 10.0 Å². The highest BCUT2D eigenvalue weighted by Gasteiger charge is 2.24. The second-order valence-electron chi connectivity index (χ2n) is 5.78. The van der Waals surface area contributed by atoms with E-state index in [0.29, 0.717) is 15.9 Å². The molecule has 0 radical (unpaired) electrons. The molecule has 1 aliphatic rings. The Bertz CT molecular complexity index is 900. The summed E-state index contributed by atoms with van der Waals surface area (Å²) in [7, 11) is -3.73. The number of anilines is 1. The van der Waals surface area contributed by atoms with Crippen molar-refractivity contribution in [2.75, 3.05) is 18.5 Å². The molecule has 132 valence electrons. The highest BCUT2D eigenvalue weighted by molar-refractivity contribution is 9.10. The fraction of sp³-hybridized carbons (Fsp3) is 0.235. The summed E-state index contributed by atoms with van der Waals surface area (Å²) >= 11 is 3.26. The largest absolute Gasteiger partial charge is 0.482 e. The normalized spacial score (nSPS) is 15.0. The fourth-order valence-corrected chi connectivity index (χ4v) is 4.68. The van der Waals surface area contributed by atoms with E-state index in [4.69, 9.17) is 4.74 Å². The summed E-state index contributed by atoms with van der Waals surface area (Å²) in [4.78, 5) is 11.4. The Morgan fingerprint density at radius 1 is 1.28 bits per heavy atom. The molecule has 0 aliphatic carbocycles. The van der Waals surface area contributed by atoms with Crippen molar-refractivity contribution in [2.45, 2.75) is 17.7 Å². The third-order valence-electron chi connectivity index (χ3n) is 3.90. The van der Waals surface area contributed by atoms with Crippen LogP contribution in [-0.2, 0) is 14.8 Å². The summed E-state index contributed by atoms with van der Waals surface area (Å²) in [5.74, 6) is 0.0898. The SMILES string of the molecule is C[C@@H](CNS(=O)(=O)c1cc2c(cc1Br)NC(=O)CO2)c1ccccc1. The zero-order valence-corrected chi connectivity index (χ0v) is 15.9. The highest BCUT2D eigenvalue weighted by Crippen LogP contribution is 2.35. The van der Waals surface area contributed by atoms with E-state index in [1.807, 2.05) is 37.3 Å². The predicted molar refractivity (Wildman–Crippen MR) is 98.3 cm³/mol. The molecule has 25 heavy (non-hydrogen) atoms. The summed E-state index contributed by atoms with van der Waals surface area (Å²) in [6.07, 6.45) is 0. The van der Waals surface area contributed by atoms with Gasteiger partial charge in [-0.15, -0.1) is 0 Å². The zero-order valence-electron chi connectivity index (χ0n) is 13.5. The average molecular weight is 425 g/mol. The monoisotopic (exact) mass is 424 g/mol. The lowest BCUT2D eigenvalue weighted by molar-refractivity contribution is -0.118. The Labute approximate surface area is 154 Å². The van der Waals surface area contributed by atoms with Crippen LogP contribution in [0.25, 0.3) is 0 Å². The van der Waals surface area contributed by atoms with Crippen LogP contribution in [0.15, 0.2) is 51.8 Å². The van der Waals surface area contributed by atoms with Crippen LogP contribution in [0.1, 0.15) is 18.4 Å². The van der Waals surface area contributed by atoms with Gasteiger partial charge in [0.1, 0.15) is 5.75 Å². The standard InChI is InChI=1S/C17H17BrN2O4S/c1-11(12-5-3-2-4-6-12)9-19-25(22,23)16-8-15-14(7-13(16)18)20-17(21)10-24-15/h2-8,11,19H,9-10H2,1H3,(H,20,21)/t11-/m0/s1. The fourth-order valence-electron chi connectivity index (χ4n) is 2.50. The summed E-state index contributed by atoms with van der Waals surface area (Å²) in [6.45, 7) is 2.10. The summed E-state index contributed by atoms with van der Waals surface area (Å²) in [6, 6.07) is 12.6. The second kappa shape index (κ2) is 7.15. The van der Waals surface area contributed by atoms with Gasteiger partial charge in [-0.05, 0) is 33.5 Å². The highest BCUT2D eigenvalue weighted by atomic mass is 79.9. The van der Waals surface area contributed by atoms with E-state index in [1.54, 1.807) is 0 Å². The molecule has 1 aliphatic heterocycles. The van der Waals surface area contributed by atoms with Crippen LogP contribution in [0.3, 0.4) is 0 Å². The molecule has 0 saturated carbocycles. The molecule has 2 aromatic rings. The van der Waals surface area contributed by atoms with Crippen molar-refractivity contribution in [1.82, 2.24) is 4.72 Å². The number of nitrogens with one attached hydrogen (secondary N) is 2. The Morgan fingerprint density at radius 2 is 2.00 bits per heavy atom. The maximum Gasteiger partial charge on any atom is 0.262 e. The predicted octanol–water partition coefficient (Wildman–Crippen LogP) is 2.86. The number of benzene rings is 2. The summed E-state index contributed by atoms with van der Waals surface area (Å²) < 4.78 is 33.6. The Balaban J connectivity index is 1.79. The Kier molecular flexibility index (Phi) is 5.12. The summed E-state index contributed by atoms with van der Waals surface area (Å²) in [5, 5.41) is 2.64. The van der Waals surface area contributed by atoms with Gasteiger partial charge >= 0.3 is 0 Å². The van der Waals surface area contributed by atoms with Crippen LogP contribution >= 0.6 is 15.9 Å². The van der Waals surface area contributed by atoms with Gasteiger partial charge in [0.05, 0.1) is 10.6 Å². The van der Waals surface area contributed by atoms with Gasteiger partial charge in [-0.1, -0.05) is 37.3 Å². The smallest absolute Gasteiger partial charge is 0.262 e. The first-order valence-electron chi connectivity index (χ1n) is 7.67. The average Bonchev–Trinajstić information content (AvgIpc) is 2.59. The van der Waals surface area contributed by atoms with Gasteiger partial charge in [-0.25, -0.2) is 13.1 Å². The quantitative estimate of drug-likeness (QED) is 0.772. The van der Waals surface area contributed by atoms with Crippen molar-refractivity contribution < 1.29 is 17.9 Å². The number of rotatable bonds is 5. The van der Waals surface area contributed by atoms with Gasteiger partial charge in [-0.3, -0.25) is 4.79 Å². The minimum absolute atomic E-state index is 0.0305. The lowest BCUT2D eigenvalue weighted by Gasteiger charge is -2.20. The van der Waals surface area contributed by atoms with E-state index >= 15 is 0 Å². The molecule has 0 spiro atoms. The van der Waals surface area contributed by atoms with E-state index in [2.05, 4.69) is 26.0 Å². The first-order chi connectivity index (χ1) is 11.9. The van der Waals surface area contributed by atoms with Crippen molar-refractivity contribution in [3.05, 3.63) is 52.5 Å². The van der Waals surface area contributed by atoms with Crippen LogP contribution in [0.4, 0.5) is 5.69 Å². The number of fused-ring (bicyclic) bond motifs is 1. The van der Waals surface area contributed by atoms with Crippen molar-refractivity contribution >= 4 is 37.5 Å². The maximum absolute atomic E-state index is 12.7. The molecule has 1 heterocycles. The van der Waals surface area contributed by atoms with Crippen LogP contribution < -0.4 is 14.8 Å². The third kappa shape index (κ3) is 4.02. The van der Waals surface area contributed by atoms with Gasteiger partial charge in [0.2, 0.25) is 10.0 Å². The lowest BCUT2D eigenvalue weighted by atomic mass is 10.0. The van der Waals surface area contributed by atoms with Gasteiger partial charge < -0.3 is 10.1 Å². The van der Waals surface area contributed by atoms with Crippen molar-refractivity contribution in [2.24, 2.45) is 0 Å². The molecule has 2 aromatic carbocycles. The van der Waals surface area contributed by atoms with Gasteiger partial charge in [-0.2, -0.15) is 0 Å². The molecule has 1 amide bonds. The summed E-state index contributed by atoms with van der Waals surface area (Å²) in [5.41, 5.74) is 1.50. The number of carbonyl (C=O) groups excluding carboxylic acids is 1. The molecule has 0 unspecified atom stereocenters. The van der Waals surface area contributed by atoms with Crippen LogP contribution in [0.5, 0.6) is 5.75 Å². The van der Waals surface area contributed by atoms with Gasteiger partial charge in [0, 0.05) is 17.1 Å². The number of ether oxygens (including phenoxy) is 1. The molecule has 0 aromatic heterocycles. The Hall–Kier alpha value is -1.90. The number of sulfonamides is 1. The maximum atomic E-state index is 12.7. The van der Waals surface area contributed by atoms with E-state index in [0.717, 1.165) is 5.56 Å². The third-order valence-corrected chi connectivity index (χ3v) is 6.29. The minimum Gasteiger partial charge on any atom is -0.482 e. The lowest BCUT2D eigenvalue weighted by Crippen LogP contribution is -2.29. The number of hydrogen-bond donors (Lipinski definition) is 2. The molecular formula is C17H17BrN2O4S. The molecule has 0 fully saturated rings. The van der Waals surface area contributed by atoms with E-state index in [1.165, 1.54) is 12.1 Å². The first kappa shape index (κ1) is 17.9. The van der Waals surface area contributed by atoms with E-state index in [-0.39, 0.29) is 29.9 Å². The van der Waals surface area contributed by atoms with Crippen LogP contribution in [-0.4, -0.2) is 27.5 Å². The number of halogens is 1. The molecular weight excluding hydrogens is 408 g/mol. The minimum atomic E-state index is -3.73. The molecule has 1 atom stereocenters. The van der Waals surface area contributed by atoms with E-state index in [9.17, 15) is 13.2 Å². The number of carbonyl (C=O) groups is 1. The van der Waals surface area contributed by atoms with Crippen molar-refractivity contribution in [3.63, 3.8) is 0 Å². The van der Waals surface area contributed by atoms with Crippen LogP contribution in [0.2, 0.25) is 0 Å². The number of hydrogen-bond acceptors (Lipinski definition) is 4. The molecule has 0 bridgehead atoms. The zero-order chi connectivity index (χ0) is 18.0. The van der Waals surface area contributed by atoms with Crippen molar-refractivity contribution in [3.8, 4) is 5.75 Å². The Morgan fingerprint density at radius 3 is 2.72 bits per heavy atom. The second-order valence-corrected chi connectivity index (χ2v) is 8.37. The number of amides is 1. The molecule has 2 N–H and O–H groups in total. The molecule has 0 saturated heterocycles. The van der Waals surface area contributed by atoms with Crippen molar-refractivity contribution in [1.29, 1.82) is 0 Å².